The van der Waals surface area contributed by atoms with Crippen molar-refractivity contribution in [1.82, 2.24) is 0 Å². The lowest BCUT2D eigenvalue weighted by Gasteiger charge is -2.25. The molecule has 1 aliphatic rings. The normalized spacial score (nSPS) is 19.0. The molecule has 1 aromatic carbocycles. The molecule has 1 saturated carbocycles. The fourth-order valence-electron chi connectivity index (χ4n) is 3.51. The van der Waals surface area contributed by atoms with Gasteiger partial charge in [0.05, 0.1) is 72.7 Å². The minimum absolute atomic E-state index is 0.565. The van der Waals surface area contributed by atoms with Crippen molar-refractivity contribution in [2.45, 2.75) is 39.2 Å². The molecule has 0 radical (unpaired) electrons. The maximum atomic E-state index is 5.74. The quantitative estimate of drug-likeness (QED) is 0.303. The van der Waals surface area contributed by atoms with Gasteiger partial charge in [-0.1, -0.05) is 50.1 Å². The van der Waals surface area contributed by atoms with E-state index < -0.39 is 0 Å². The highest BCUT2D eigenvalue weighted by Crippen LogP contribution is 2.28. The first-order valence-electron chi connectivity index (χ1n) is 11.8. The van der Waals surface area contributed by atoms with Gasteiger partial charge in [0.1, 0.15) is 0 Å². The van der Waals surface area contributed by atoms with Gasteiger partial charge >= 0.3 is 0 Å². The predicted molar refractivity (Wildman–Crippen MR) is 121 cm³/mol. The molecule has 0 bridgehead atoms. The first-order chi connectivity index (χ1) is 15.3. The van der Waals surface area contributed by atoms with E-state index >= 15 is 0 Å². The maximum Gasteiger partial charge on any atom is 0.0718 e. The van der Waals surface area contributed by atoms with E-state index in [9.17, 15) is 0 Å². The highest BCUT2D eigenvalue weighted by molar-refractivity contribution is 5.13. The largest absolute Gasteiger partial charge is 0.379 e. The number of hydrogen-bond donors (Lipinski definition) is 0. The van der Waals surface area contributed by atoms with E-state index in [-0.39, 0.29) is 0 Å². The van der Waals surface area contributed by atoms with Gasteiger partial charge in [-0.3, -0.25) is 0 Å². The highest BCUT2D eigenvalue weighted by Gasteiger charge is 2.17. The van der Waals surface area contributed by atoms with E-state index in [0.29, 0.717) is 72.7 Å². The topological polar surface area (TPSA) is 55.4 Å². The van der Waals surface area contributed by atoms with Crippen LogP contribution >= 0.6 is 0 Å². The Morgan fingerprint density at radius 1 is 0.581 bits per heavy atom. The second-order valence-electron chi connectivity index (χ2n) is 8.19. The van der Waals surface area contributed by atoms with Crippen LogP contribution in [0.1, 0.15) is 38.2 Å². The lowest BCUT2D eigenvalue weighted by Crippen LogP contribution is -2.19. The second-order valence-corrected chi connectivity index (χ2v) is 8.19. The monoisotopic (exact) mass is 438 g/mol. The summed E-state index contributed by atoms with van der Waals surface area (Å²) in [4.78, 5) is 0. The smallest absolute Gasteiger partial charge is 0.0718 e. The summed E-state index contributed by atoms with van der Waals surface area (Å²) >= 11 is 0. The fourth-order valence-corrected chi connectivity index (χ4v) is 3.51. The molecule has 1 aromatic rings. The molecular formula is C25H42O6. The van der Waals surface area contributed by atoms with Gasteiger partial charge in [0.15, 0.2) is 0 Å². The molecule has 6 nitrogen and oxygen atoms in total. The van der Waals surface area contributed by atoms with Gasteiger partial charge in [0.2, 0.25) is 0 Å². The van der Waals surface area contributed by atoms with Crippen LogP contribution in [0.2, 0.25) is 0 Å². The molecule has 0 aromatic heterocycles. The van der Waals surface area contributed by atoms with Crippen molar-refractivity contribution in [3.05, 3.63) is 35.9 Å². The molecule has 1 aliphatic carbocycles. The summed E-state index contributed by atoms with van der Waals surface area (Å²) in [7, 11) is 0. The molecule has 0 N–H and O–H groups in total. The number of benzene rings is 1. The Hall–Kier alpha value is -1.02. The summed E-state index contributed by atoms with van der Waals surface area (Å²) in [6.45, 7) is 9.76. The second kappa shape index (κ2) is 18.5. The molecule has 0 aliphatic heterocycles. The minimum atomic E-state index is 0.565. The van der Waals surface area contributed by atoms with Crippen LogP contribution in [0, 0.1) is 11.8 Å². The molecular weight excluding hydrogens is 396 g/mol. The Balaban J connectivity index is 1.21. The van der Waals surface area contributed by atoms with Crippen LogP contribution in [0.4, 0.5) is 0 Å². The molecule has 0 spiro atoms. The summed E-state index contributed by atoms with van der Waals surface area (Å²) in [5.74, 6) is 1.65. The third-order valence-electron chi connectivity index (χ3n) is 5.46. The van der Waals surface area contributed by atoms with Crippen molar-refractivity contribution in [2.24, 2.45) is 11.8 Å². The Bertz CT molecular complexity index is 504. The Kier molecular flexibility index (Phi) is 15.7. The van der Waals surface area contributed by atoms with E-state index in [1.807, 2.05) is 18.2 Å². The van der Waals surface area contributed by atoms with Gasteiger partial charge in [-0.15, -0.1) is 0 Å². The molecule has 2 rings (SSSR count). The average molecular weight is 439 g/mol. The van der Waals surface area contributed by atoms with Crippen LogP contribution in [-0.4, -0.2) is 72.7 Å². The van der Waals surface area contributed by atoms with Gasteiger partial charge in [-0.25, -0.2) is 0 Å². The van der Waals surface area contributed by atoms with E-state index in [1.54, 1.807) is 0 Å². The zero-order valence-electron chi connectivity index (χ0n) is 19.3. The summed E-state index contributed by atoms with van der Waals surface area (Å²) in [5, 5.41) is 0. The van der Waals surface area contributed by atoms with Crippen LogP contribution in [0.3, 0.4) is 0 Å². The molecule has 31 heavy (non-hydrogen) atoms. The third-order valence-corrected chi connectivity index (χ3v) is 5.46. The number of hydrogen-bond acceptors (Lipinski definition) is 6. The van der Waals surface area contributed by atoms with E-state index in [4.69, 9.17) is 28.4 Å². The first kappa shape index (κ1) is 26.2. The molecule has 0 unspecified atom stereocenters. The SMILES string of the molecule is CC1CCC(COCCOCCOCCOCCOCCOCc2ccccc2)CC1. The summed E-state index contributed by atoms with van der Waals surface area (Å²) in [6.07, 6.45) is 5.33. The first-order valence-corrected chi connectivity index (χ1v) is 11.8. The maximum absolute atomic E-state index is 5.74. The van der Waals surface area contributed by atoms with Crippen molar-refractivity contribution in [1.29, 1.82) is 0 Å². The van der Waals surface area contributed by atoms with Crippen molar-refractivity contribution >= 4 is 0 Å². The van der Waals surface area contributed by atoms with Crippen molar-refractivity contribution in [2.75, 3.05) is 72.7 Å². The van der Waals surface area contributed by atoms with Gasteiger partial charge in [-0.2, -0.15) is 0 Å². The van der Waals surface area contributed by atoms with Crippen molar-refractivity contribution in [3.8, 4) is 0 Å². The van der Waals surface area contributed by atoms with Crippen molar-refractivity contribution < 1.29 is 28.4 Å². The number of rotatable bonds is 19. The third kappa shape index (κ3) is 14.6. The summed E-state index contributed by atoms with van der Waals surface area (Å²) < 4.78 is 33.3. The van der Waals surface area contributed by atoms with Gasteiger partial charge in [-0.05, 0) is 30.2 Å². The Morgan fingerprint density at radius 2 is 1.03 bits per heavy atom. The van der Waals surface area contributed by atoms with Crippen LogP contribution in [0.5, 0.6) is 0 Å². The molecule has 0 amide bonds. The molecule has 0 saturated heterocycles. The van der Waals surface area contributed by atoms with Gasteiger partial charge in [0.25, 0.3) is 0 Å². The lowest BCUT2D eigenvalue weighted by molar-refractivity contribution is -0.0201. The summed E-state index contributed by atoms with van der Waals surface area (Å²) in [5.41, 5.74) is 1.17. The van der Waals surface area contributed by atoms with Crippen LogP contribution in [-0.2, 0) is 35.0 Å². The van der Waals surface area contributed by atoms with Crippen LogP contribution < -0.4 is 0 Å². The van der Waals surface area contributed by atoms with E-state index in [0.717, 1.165) is 18.4 Å². The molecule has 178 valence electrons. The molecule has 6 heteroatoms. The summed E-state index contributed by atoms with van der Waals surface area (Å²) in [6, 6.07) is 10.1. The average Bonchev–Trinajstić information content (AvgIpc) is 2.80. The number of ether oxygens (including phenoxy) is 6. The molecule has 1 fully saturated rings. The highest BCUT2D eigenvalue weighted by atomic mass is 16.6. The fraction of sp³-hybridized carbons (Fsp3) is 0.760. The van der Waals surface area contributed by atoms with Crippen LogP contribution in [0.15, 0.2) is 30.3 Å². The van der Waals surface area contributed by atoms with Gasteiger partial charge < -0.3 is 28.4 Å². The zero-order chi connectivity index (χ0) is 21.8. The van der Waals surface area contributed by atoms with Crippen molar-refractivity contribution in [3.63, 3.8) is 0 Å². The Labute approximate surface area is 188 Å². The minimum Gasteiger partial charge on any atom is -0.379 e. The lowest BCUT2D eigenvalue weighted by atomic mass is 9.83. The zero-order valence-corrected chi connectivity index (χ0v) is 19.3. The van der Waals surface area contributed by atoms with Crippen LogP contribution in [0.25, 0.3) is 0 Å². The van der Waals surface area contributed by atoms with E-state index in [1.165, 1.54) is 31.2 Å². The molecule has 0 heterocycles. The molecule has 0 atom stereocenters. The van der Waals surface area contributed by atoms with Gasteiger partial charge in [0, 0.05) is 6.61 Å². The Morgan fingerprint density at radius 3 is 1.55 bits per heavy atom. The predicted octanol–water partition coefficient (Wildman–Crippen LogP) is 4.11. The standard InChI is InChI=1S/C25H42O6/c1-23-7-9-25(10-8-23)22-31-20-18-29-16-14-27-12-11-26-13-15-28-17-19-30-21-24-5-3-2-4-6-24/h2-6,23,25H,7-22H2,1H3. The van der Waals surface area contributed by atoms with E-state index in [2.05, 4.69) is 19.1 Å².